The molecule has 6 aromatic carbocycles. The van der Waals surface area contributed by atoms with E-state index in [1.165, 1.54) is 11.1 Å². The van der Waals surface area contributed by atoms with Crippen LogP contribution in [-0.2, 0) is 5.41 Å². The topological polar surface area (TPSA) is 54.1 Å². The number of hydrogen-bond acceptors (Lipinski definition) is 4. The number of hydrogen-bond donors (Lipinski definition) is 0. The molecule has 0 spiro atoms. The SMILES string of the molecule is CC(C)(c1ccccc1)c1ccc(N(c2ccccc2)c2ccc(N(c3ccc(C#N)cc3)c3ccc(C#N)cc3)cc2)cc1. The van der Waals surface area contributed by atoms with Gasteiger partial charge in [0, 0.05) is 39.5 Å². The Morgan fingerprint density at radius 2 is 0.667 bits per heavy atom. The van der Waals surface area contributed by atoms with Crippen LogP contribution < -0.4 is 9.80 Å². The average molecular weight is 581 g/mol. The van der Waals surface area contributed by atoms with Crippen LogP contribution in [0.3, 0.4) is 0 Å². The van der Waals surface area contributed by atoms with Gasteiger partial charge in [-0.2, -0.15) is 10.5 Å². The second kappa shape index (κ2) is 12.6. The highest BCUT2D eigenvalue weighted by Gasteiger charge is 2.23. The molecule has 4 nitrogen and oxygen atoms in total. The maximum Gasteiger partial charge on any atom is 0.0991 e. The molecule has 4 heteroatoms. The normalized spacial score (nSPS) is 10.8. The molecule has 216 valence electrons. The van der Waals surface area contributed by atoms with Gasteiger partial charge in [0.05, 0.1) is 23.3 Å². The Morgan fingerprint density at radius 1 is 0.378 bits per heavy atom. The van der Waals surface area contributed by atoms with Crippen LogP contribution in [0.5, 0.6) is 0 Å². The van der Waals surface area contributed by atoms with E-state index in [9.17, 15) is 10.5 Å². The molecule has 0 atom stereocenters. The number of nitrogens with zero attached hydrogens (tertiary/aromatic N) is 4. The Balaban J connectivity index is 1.38. The number of nitriles is 2. The molecule has 6 aromatic rings. The molecule has 0 bridgehead atoms. The zero-order valence-electron chi connectivity index (χ0n) is 25.3. The van der Waals surface area contributed by atoms with E-state index in [2.05, 4.69) is 139 Å². The lowest BCUT2D eigenvalue weighted by atomic mass is 9.78. The van der Waals surface area contributed by atoms with Crippen LogP contribution in [0.1, 0.15) is 36.1 Å². The lowest BCUT2D eigenvalue weighted by Crippen LogP contribution is -2.19. The lowest BCUT2D eigenvalue weighted by molar-refractivity contribution is 0.641. The molecule has 0 aromatic heterocycles. The van der Waals surface area contributed by atoms with Gasteiger partial charge < -0.3 is 9.80 Å². The summed E-state index contributed by atoms with van der Waals surface area (Å²) in [6.45, 7) is 4.52. The van der Waals surface area contributed by atoms with E-state index in [1.54, 1.807) is 0 Å². The highest BCUT2D eigenvalue weighted by atomic mass is 15.2. The van der Waals surface area contributed by atoms with E-state index >= 15 is 0 Å². The summed E-state index contributed by atoms with van der Waals surface area (Å²) in [6.07, 6.45) is 0. The summed E-state index contributed by atoms with van der Waals surface area (Å²) in [4.78, 5) is 4.39. The fraction of sp³-hybridized carbons (Fsp3) is 0.0732. The van der Waals surface area contributed by atoms with Crippen LogP contribution >= 0.6 is 0 Å². The Hall–Kier alpha value is -6.10. The summed E-state index contributed by atoms with van der Waals surface area (Å²) >= 11 is 0. The maximum atomic E-state index is 9.34. The Morgan fingerprint density at radius 3 is 1.04 bits per heavy atom. The van der Waals surface area contributed by atoms with E-state index < -0.39 is 0 Å². The second-order valence-corrected chi connectivity index (χ2v) is 11.4. The fourth-order valence-corrected chi connectivity index (χ4v) is 5.64. The minimum absolute atomic E-state index is 0.126. The molecule has 0 saturated heterocycles. The van der Waals surface area contributed by atoms with Gasteiger partial charge in [0.15, 0.2) is 0 Å². The van der Waals surface area contributed by atoms with Gasteiger partial charge in [-0.3, -0.25) is 0 Å². The molecule has 0 radical (unpaired) electrons. The van der Waals surface area contributed by atoms with Crippen molar-refractivity contribution in [3.8, 4) is 12.1 Å². The van der Waals surface area contributed by atoms with Crippen LogP contribution in [0.2, 0.25) is 0 Å². The summed E-state index contributed by atoms with van der Waals surface area (Å²) in [5, 5.41) is 18.7. The largest absolute Gasteiger partial charge is 0.311 e. The molecule has 0 amide bonds. The van der Waals surface area contributed by atoms with Crippen LogP contribution in [0.15, 0.2) is 158 Å². The minimum Gasteiger partial charge on any atom is -0.311 e. The average Bonchev–Trinajstić information content (AvgIpc) is 3.11. The van der Waals surface area contributed by atoms with Crippen LogP contribution in [-0.4, -0.2) is 0 Å². The first-order chi connectivity index (χ1) is 22.0. The summed E-state index contributed by atoms with van der Waals surface area (Å²) in [5.74, 6) is 0. The van der Waals surface area contributed by atoms with Gasteiger partial charge in [-0.15, -0.1) is 0 Å². The van der Waals surface area contributed by atoms with Crippen molar-refractivity contribution >= 4 is 34.1 Å². The van der Waals surface area contributed by atoms with Gasteiger partial charge >= 0.3 is 0 Å². The van der Waals surface area contributed by atoms with E-state index in [0.717, 1.165) is 34.1 Å². The Bertz CT molecular complexity index is 1890. The van der Waals surface area contributed by atoms with Gasteiger partial charge in [-0.25, -0.2) is 0 Å². The number of para-hydroxylation sites is 1. The molecule has 0 saturated carbocycles. The fourth-order valence-electron chi connectivity index (χ4n) is 5.64. The third kappa shape index (κ3) is 6.04. The first kappa shape index (κ1) is 29.0. The van der Waals surface area contributed by atoms with Crippen LogP contribution in [0.25, 0.3) is 0 Å². The van der Waals surface area contributed by atoms with Crippen molar-refractivity contribution in [2.45, 2.75) is 19.3 Å². The van der Waals surface area contributed by atoms with E-state index in [0.29, 0.717) is 11.1 Å². The summed E-state index contributed by atoms with van der Waals surface area (Å²) < 4.78 is 0. The second-order valence-electron chi connectivity index (χ2n) is 11.4. The third-order valence-corrected chi connectivity index (χ3v) is 8.23. The van der Waals surface area contributed by atoms with Crippen LogP contribution in [0.4, 0.5) is 34.1 Å². The van der Waals surface area contributed by atoms with Crippen molar-refractivity contribution in [3.05, 3.63) is 180 Å². The van der Waals surface area contributed by atoms with Crippen molar-refractivity contribution < 1.29 is 0 Å². The van der Waals surface area contributed by atoms with Gasteiger partial charge in [-0.1, -0.05) is 74.5 Å². The number of benzene rings is 6. The van der Waals surface area contributed by atoms with Crippen molar-refractivity contribution in [2.24, 2.45) is 0 Å². The maximum absolute atomic E-state index is 9.34. The van der Waals surface area contributed by atoms with Crippen LogP contribution in [0, 0.1) is 22.7 Å². The number of rotatable bonds is 8. The van der Waals surface area contributed by atoms with Gasteiger partial charge in [0.2, 0.25) is 0 Å². The first-order valence-corrected chi connectivity index (χ1v) is 14.9. The quantitative estimate of drug-likeness (QED) is 0.180. The molecular weight excluding hydrogens is 548 g/mol. The van der Waals surface area contributed by atoms with E-state index in [4.69, 9.17) is 0 Å². The standard InChI is InChI=1S/C41H32N4/c1-41(2,33-9-5-3-6-10-33)34-17-23-38(24-18-34)44(35-11-7-4-8-12-35)39-25-27-40(28-26-39)45(36-19-13-31(29-42)14-20-36)37-21-15-32(30-43)16-22-37/h3-28H,1-2H3. The summed E-state index contributed by atoms with van der Waals surface area (Å²) in [5.41, 5.74) is 9.57. The smallest absolute Gasteiger partial charge is 0.0991 e. The molecule has 0 N–H and O–H groups in total. The molecule has 0 fully saturated rings. The van der Waals surface area contributed by atoms with Crippen molar-refractivity contribution in [2.75, 3.05) is 9.80 Å². The minimum atomic E-state index is -0.126. The predicted molar refractivity (Wildman–Crippen MR) is 184 cm³/mol. The molecular formula is C41H32N4. The monoisotopic (exact) mass is 580 g/mol. The van der Waals surface area contributed by atoms with Crippen molar-refractivity contribution in [1.82, 2.24) is 0 Å². The van der Waals surface area contributed by atoms with Gasteiger partial charge in [-0.05, 0) is 108 Å². The zero-order chi connectivity index (χ0) is 31.2. The molecule has 0 unspecified atom stereocenters. The first-order valence-electron chi connectivity index (χ1n) is 14.9. The highest BCUT2D eigenvalue weighted by Crippen LogP contribution is 2.40. The molecule has 0 aliphatic rings. The van der Waals surface area contributed by atoms with Gasteiger partial charge in [0.1, 0.15) is 0 Å². The summed E-state index contributed by atoms with van der Waals surface area (Å²) in [7, 11) is 0. The lowest BCUT2D eigenvalue weighted by Gasteiger charge is -2.30. The molecule has 0 aliphatic heterocycles. The van der Waals surface area contributed by atoms with Crippen molar-refractivity contribution in [3.63, 3.8) is 0 Å². The predicted octanol–water partition coefficient (Wildman–Crippen LogP) is 10.7. The highest BCUT2D eigenvalue weighted by molar-refractivity contribution is 5.81. The molecule has 6 rings (SSSR count). The van der Waals surface area contributed by atoms with Gasteiger partial charge in [0.25, 0.3) is 0 Å². The molecule has 45 heavy (non-hydrogen) atoms. The number of anilines is 6. The zero-order valence-corrected chi connectivity index (χ0v) is 25.3. The molecule has 0 heterocycles. The molecule has 0 aliphatic carbocycles. The third-order valence-electron chi connectivity index (χ3n) is 8.23. The van der Waals surface area contributed by atoms with Crippen molar-refractivity contribution in [1.29, 1.82) is 10.5 Å². The summed E-state index contributed by atoms with van der Waals surface area (Å²) in [6, 6.07) is 57.8. The van der Waals surface area contributed by atoms with E-state index in [1.807, 2.05) is 54.6 Å². The van der Waals surface area contributed by atoms with E-state index in [-0.39, 0.29) is 5.41 Å². The Labute approximate surface area is 265 Å². The Kier molecular flexibility index (Phi) is 8.14.